The van der Waals surface area contributed by atoms with E-state index in [0.717, 1.165) is 19.4 Å². The van der Waals surface area contributed by atoms with Crippen LogP contribution in [0.25, 0.3) is 0 Å². The van der Waals surface area contributed by atoms with Crippen LogP contribution in [-0.2, 0) is 0 Å². The summed E-state index contributed by atoms with van der Waals surface area (Å²) in [7, 11) is 4.16. The minimum absolute atomic E-state index is 0.153. The van der Waals surface area contributed by atoms with Crippen molar-refractivity contribution in [1.29, 1.82) is 0 Å². The molecule has 0 atom stereocenters. The Morgan fingerprint density at radius 2 is 2.29 bits per heavy atom. The Bertz CT molecular complexity index is 449. The molecule has 0 bridgehead atoms. The summed E-state index contributed by atoms with van der Waals surface area (Å²) in [6.45, 7) is 0.765. The molecule has 1 heterocycles. The molecule has 0 aromatic carbocycles. The summed E-state index contributed by atoms with van der Waals surface area (Å²) in [4.78, 5) is 20.0. The summed E-state index contributed by atoms with van der Waals surface area (Å²) in [6.07, 6.45) is 4.94. The molecule has 17 heavy (non-hydrogen) atoms. The van der Waals surface area contributed by atoms with Crippen LogP contribution in [0.15, 0.2) is 11.1 Å². The van der Waals surface area contributed by atoms with Crippen LogP contribution in [0.3, 0.4) is 0 Å². The van der Waals surface area contributed by atoms with Crippen LogP contribution in [-0.4, -0.2) is 41.0 Å². The van der Waals surface area contributed by atoms with Gasteiger partial charge >= 0.3 is 0 Å². The third kappa shape index (κ3) is 2.12. The molecule has 0 amide bonds. The molecule has 0 spiro atoms. The first kappa shape index (κ1) is 11.9. The second kappa shape index (κ2) is 4.37. The molecule has 0 radical (unpaired) electrons. The summed E-state index contributed by atoms with van der Waals surface area (Å²) in [6, 6.07) is 0. The van der Waals surface area contributed by atoms with Crippen molar-refractivity contribution in [1.82, 2.24) is 14.9 Å². The number of anilines is 2. The zero-order valence-electron chi connectivity index (χ0n) is 10.3. The van der Waals surface area contributed by atoms with E-state index in [4.69, 9.17) is 5.73 Å². The fourth-order valence-corrected chi connectivity index (χ4v) is 2.17. The normalized spacial score (nSPS) is 17.8. The molecule has 1 aliphatic carbocycles. The molecule has 1 aromatic heterocycles. The zero-order valence-corrected chi connectivity index (χ0v) is 10.3. The van der Waals surface area contributed by atoms with E-state index in [1.54, 1.807) is 0 Å². The molecular formula is C11H19N5O. The Morgan fingerprint density at radius 3 is 2.82 bits per heavy atom. The summed E-state index contributed by atoms with van der Waals surface area (Å²) >= 11 is 0. The molecule has 0 saturated heterocycles. The summed E-state index contributed by atoms with van der Waals surface area (Å²) in [5, 5.41) is 3.18. The highest BCUT2D eigenvalue weighted by Crippen LogP contribution is 2.36. The van der Waals surface area contributed by atoms with Gasteiger partial charge in [-0.1, -0.05) is 0 Å². The number of likely N-dealkylation sites (N-methyl/N-ethyl adjacent to an activating group) is 1. The van der Waals surface area contributed by atoms with Crippen molar-refractivity contribution in [2.75, 3.05) is 31.7 Å². The summed E-state index contributed by atoms with van der Waals surface area (Å²) in [5.74, 6) is 0.474. The molecule has 0 aliphatic heterocycles. The molecule has 4 N–H and O–H groups in total. The smallest absolute Gasteiger partial charge is 0.276 e. The van der Waals surface area contributed by atoms with E-state index in [2.05, 4.69) is 34.3 Å². The largest absolute Gasteiger partial charge is 0.391 e. The van der Waals surface area contributed by atoms with Gasteiger partial charge in [0.25, 0.3) is 5.56 Å². The molecule has 94 valence electrons. The van der Waals surface area contributed by atoms with Gasteiger partial charge in [0, 0.05) is 12.1 Å². The Balaban J connectivity index is 2.07. The number of nitrogens with two attached hydrogens (primary N) is 1. The Kier molecular flexibility index (Phi) is 3.06. The molecule has 1 fully saturated rings. The lowest BCUT2D eigenvalue weighted by molar-refractivity contribution is 0.0738. The van der Waals surface area contributed by atoms with Crippen LogP contribution in [0.4, 0.5) is 11.5 Å². The quantitative estimate of drug-likeness (QED) is 0.698. The van der Waals surface area contributed by atoms with E-state index in [0.29, 0.717) is 5.82 Å². The first-order valence-electron chi connectivity index (χ1n) is 5.80. The van der Waals surface area contributed by atoms with Gasteiger partial charge < -0.3 is 20.9 Å². The summed E-state index contributed by atoms with van der Waals surface area (Å²) in [5.41, 5.74) is 5.70. The van der Waals surface area contributed by atoms with Crippen molar-refractivity contribution in [3.63, 3.8) is 0 Å². The van der Waals surface area contributed by atoms with Gasteiger partial charge in [0.15, 0.2) is 5.82 Å². The number of aromatic nitrogens is 2. The van der Waals surface area contributed by atoms with Gasteiger partial charge in [-0.25, -0.2) is 4.98 Å². The zero-order chi connectivity index (χ0) is 12.5. The SMILES string of the molecule is CN(C)C1(CNc2nc[nH]c(=O)c2N)CCC1. The first-order valence-corrected chi connectivity index (χ1v) is 5.80. The number of nitrogen functional groups attached to an aromatic ring is 1. The third-order valence-electron chi connectivity index (χ3n) is 3.71. The number of hydrogen-bond donors (Lipinski definition) is 3. The van der Waals surface area contributed by atoms with E-state index < -0.39 is 0 Å². The van der Waals surface area contributed by atoms with Crippen LogP contribution in [0, 0.1) is 0 Å². The van der Waals surface area contributed by atoms with Crippen molar-refractivity contribution < 1.29 is 0 Å². The van der Waals surface area contributed by atoms with Crippen LogP contribution < -0.4 is 16.6 Å². The highest BCUT2D eigenvalue weighted by atomic mass is 16.1. The third-order valence-corrected chi connectivity index (χ3v) is 3.71. The molecular weight excluding hydrogens is 218 g/mol. The van der Waals surface area contributed by atoms with Gasteiger partial charge in [-0.2, -0.15) is 0 Å². The van der Waals surface area contributed by atoms with Gasteiger partial charge in [0.05, 0.1) is 6.33 Å². The van der Waals surface area contributed by atoms with Crippen molar-refractivity contribution in [3.05, 3.63) is 16.7 Å². The van der Waals surface area contributed by atoms with E-state index >= 15 is 0 Å². The lowest BCUT2D eigenvalue weighted by Gasteiger charge is -2.47. The van der Waals surface area contributed by atoms with E-state index in [9.17, 15) is 4.79 Å². The highest BCUT2D eigenvalue weighted by molar-refractivity contribution is 5.59. The number of rotatable bonds is 4. The molecule has 6 nitrogen and oxygen atoms in total. The van der Waals surface area contributed by atoms with Gasteiger partial charge in [0.2, 0.25) is 0 Å². The fraction of sp³-hybridized carbons (Fsp3) is 0.636. The van der Waals surface area contributed by atoms with Crippen LogP contribution in [0.2, 0.25) is 0 Å². The van der Waals surface area contributed by atoms with E-state index in [1.807, 2.05) is 0 Å². The van der Waals surface area contributed by atoms with Crippen molar-refractivity contribution in [2.45, 2.75) is 24.8 Å². The van der Waals surface area contributed by atoms with Crippen molar-refractivity contribution in [2.24, 2.45) is 0 Å². The van der Waals surface area contributed by atoms with Crippen LogP contribution in [0.1, 0.15) is 19.3 Å². The van der Waals surface area contributed by atoms with E-state index in [-0.39, 0.29) is 16.8 Å². The lowest BCUT2D eigenvalue weighted by atomic mass is 9.75. The number of nitrogens with one attached hydrogen (secondary N) is 2. The molecule has 1 saturated carbocycles. The van der Waals surface area contributed by atoms with Crippen molar-refractivity contribution >= 4 is 11.5 Å². The van der Waals surface area contributed by atoms with Crippen LogP contribution >= 0.6 is 0 Å². The second-order valence-electron chi connectivity index (χ2n) is 4.82. The van der Waals surface area contributed by atoms with Crippen LogP contribution in [0.5, 0.6) is 0 Å². The van der Waals surface area contributed by atoms with Gasteiger partial charge in [-0.15, -0.1) is 0 Å². The molecule has 1 aromatic rings. The number of aromatic amines is 1. The summed E-state index contributed by atoms with van der Waals surface area (Å²) < 4.78 is 0. The molecule has 0 unspecified atom stereocenters. The maximum absolute atomic E-state index is 11.3. The highest BCUT2D eigenvalue weighted by Gasteiger charge is 2.38. The minimum atomic E-state index is -0.296. The standard InChI is InChI=1S/C11H19N5O/c1-16(2)11(4-3-5-11)6-13-9-8(12)10(17)15-7-14-9/h7H,3-6,12H2,1-2H3,(H2,13,14,15,17). The predicted molar refractivity (Wildman–Crippen MR) is 68.0 cm³/mol. The Hall–Kier alpha value is -1.56. The second-order valence-corrected chi connectivity index (χ2v) is 4.82. The molecule has 2 rings (SSSR count). The maximum Gasteiger partial charge on any atom is 0.276 e. The monoisotopic (exact) mass is 237 g/mol. The first-order chi connectivity index (χ1) is 8.05. The molecule has 6 heteroatoms. The predicted octanol–water partition coefficient (Wildman–Crippen LogP) is 0.248. The fourth-order valence-electron chi connectivity index (χ4n) is 2.17. The average Bonchev–Trinajstić information content (AvgIpc) is 2.22. The van der Waals surface area contributed by atoms with Crippen molar-refractivity contribution in [3.8, 4) is 0 Å². The van der Waals surface area contributed by atoms with Gasteiger partial charge in [-0.3, -0.25) is 4.79 Å². The Labute approximate surface area is 100 Å². The number of hydrogen-bond acceptors (Lipinski definition) is 5. The lowest BCUT2D eigenvalue weighted by Crippen LogP contribution is -2.54. The number of H-pyrrole nitrogens is 1. The van der Waals surface area contributed by atoms with E-state index in [1.165, 1.54) is 12.7 Å². The topological polar surface area (TPSA) is 87.0 Å². The molecule has 1 aliphatic rings. The maximum atomic E-state index is 11.3. The van der Waals surface area contributed by atoms with Gasteiger partial charge in [0.1, 0.15) is 5.69 Å². The van der Waals surface area contributed by atoms with Gasteiger partial charge in [-0.05, 0) is 33.4 Å². The average molecular weight is 237 g/mol. The number of nitrogens with zero attached hydrogens (tertiary/aromatic N) is 2. The minimum Gasteiger partial charge on any atom is -0.391 e. The Morgan fingerprint density at radius 1 is 1.59 bits per heavy atom.